The number of hydrogen-bond acceptors (Lipinski definition) is 4. The Morgan fingerprint density at radius 2 is 2.29 bits per heavy atom. The van der Waals surface area contributed by atoms with E-state index in [4.69, 9.17) is 4.52 Å². The van der Waals surface area contributed by atoms with Crippen molar-refractivity contribution in [1.29, 1.82) is 0 Å². The second kappa shape index (κ2) is 4.30. The molecule has 0 bridgehead atoms. The molecule has 88 valence electrons. The van der Waals surface area contributed by atoms with Crippen LogP contribution in [0.3, 0.4) is 0 Å². The fourth-order valence-corrected chi connectivity index (χ4v) is 1.95. The van der Waals surface area contributed by atoms with Gasteiger partial charge in [0, 0.05) is 6.04 Å². The maximum Gasteiger partial charge on any atom is 0.248 e. The summed E-state index contributed by atoms with van der Waals surface area (Å²) < 4.78 is 5.19. The smallest absolute Gasteiger partial charge is 0.248 e. The number of nitrogens with one attached hydrogen (secondary N) is 1. The van der Waals surface area contributed by atoms with E-state index in [1.807, 2.05) is 0 Å². The number of aryl methyl sites for hydroxylation is 1. The van der Waals surface area contributed by atoms with E-state index >= 15 is 0 Å². The fraction of sp³-hybridized carbons (Fsp3) is 0.385. The predicted octanol–water partition coefficient (Wildman–Crippen LogP) is 2.22. The van der Waals surface area contributed by atoms with Crippen LogP contribution in [0.15, 0.2) is 35.1 Å². The van der Waals surface area contributed by atoms with Crippen molar-refractivity contribution in [2.24, 2.45) is 0 Å². The average molecular weight is 229 g/mol. The van der Waals surface area contributed by atoms with E-state index in [0.29, 0.717) is 11.9 Å². The Morgan fingerprint density at radius 3 is 2.94 bits per heavy atom. The largest absolute Gasteiger partial charge is 0.338 e. The summed E-state index contributed by atoms with van der Waals surface area (Å²) in [5.41, 5.74) is 2.42. The summed E-state index contributed by atoms with van der Waals surface area (Å²) in [5, 5.41) is 7.23. The van der Waals surface area contributed by atoms with Crippen LogP contribution >= 0.6 is 0 Å². The Kier molecular flexibility index (Phi) is 2.65. The number of hydrogen-bond donors (Lipinski definition) is 1. The van der Waals surface area contributed by atoms with Crippen molar-refractivity contribution in [3.8, 4) is 0 Å². The van der Waals surface area contributed by atoms with Crippen LogP contribution in [0.2, 0.25) is 0 Å². The lowest BCUT2D eigenvalue weighted by Gasteiger charge is -2.15. The molecular weight excluding hydrogens is 214 g/mol. The summed E-state index contributed by atoms with van der Waals surface area (Å²) >= 11 is 0. The second-order valence-corrected chi connectivity index (χ2v) is 4.57. The topological polar surface area (TPSA) is 51.0 Å². The van der Waals surface area contributed by atoms with Crippen molar-refractivity contribution in [1.82, 2.24) is 15.5 Å². The van der Waals surface area contributed by atoms with Crippen LogP contribution in [0.4, 0.5) is 0 Å². The molecule has 0 spiro atoms. The molecule has 0 radical (unpaired) electrons. The van der Waals surface area contributed by atoms with E-state index in [9.17, 15) is 0 Å². The third kappa shape index (κ3) is 2.36. The van der Waals surface area contributed by atoms with E-state index in [1.54, 1.807) is 0 Å². The molecule has 0 saturated heterocycles. The molecular formula is C13H15N3O. The SMILES string of the molecule is Cc1cccc(C(NC2CC2)c2ncno2)c1. The molecule has 1 saturated carbocycles. The van der Waals surface area contributed by atoms with Gasteiger partial charge in [0.25, 0.3) is 0 Å². The molecule has 1 unspecified atom stereocenters. The Morgan fingerprint density at radius 1 is 1.41 bits per heavy atom. The van der Waals surface area contributed by atoms with E-state index in [1.165, 1.54) is 30.3 Å². The van der Waals surface area contributed by atoms with Crippen molar-refractivity contribution in [2.75, 3.05) is 0 Å². The van der Waals surface area contributed by atoms with Gasteiger partial charge in [-0.25, -0.2) is 0 Å². The van der Waals surface area contributed by atoms with Crippen molar-refractivity contribution >= 4 is 0 Å². The highest BCUT2D eigenvalue weighted by molar-refractivity contribution is 5.28. The van der Waals surface area contributed by atoms with Crippen molar-refractivity contribution in [3.63, 3.8) is 0 Å². The van der Waals surface area contributed by atoms with Gasteiger partial charge in [0.15, 0.2) is 6.33 Å². The van der Waals surface area contributed by atoms with Crippen LogP contribution in [0.5, 0.6) is 0 Å². The normalized spacial score (nSPS) is 17.0. The minimum atomic E-state index is 0.0184. The van der Waals surface area contributed by atoms with E-state index in [2.05, 4.69) is 46.6 Å². The van der Waals surface area contributed by atoms with Crippen molar-refractivity contribution in [2.45, 2.75) is 31.8 Å². The van der Waals surface area contributed by atoms with Gasteiger partial charge in [0.1, 0.15) is 6.04 Å². The van der Waals surface area contributed by atoms with Gasteiger partial charge >= 0.3 is 0 Å². The molecule has 1 N–H and O–H groups in total. The van der Waals surface area contributed by atoms with Crippen molar-refractivity contribution in [3.05, 3.63) is 47.6 Å². The molecule has 1 atom stereocenters. The molecule has 0 amide bonds. The van der Waals surface area contributed by atoms with Crippen LogP contribution in [-0.4, -0.2) is 16.2 Å². The summed E-state index contributed by atoms with van der Waals surface area (Å²) in [4.78, 5) is 4.16. The van der Waals surface area contributed by atoms with Gasteiger partial charge in [-0.05, 0) is 25.3 Å². The summed E-state index contributed by atoms with van der Waals surface area (Å²) in [6.45, 7) is 2.09. The van der Waals surface area contributed by atoms with Crippen LogP contribution in [0, 0.1) is 6.92 Å². The van der Waals surface area contributed by atoms with Gasteiger partial charge in [-0.3, -0.25) is 5.32 Å². The zero-order valence-electron chi connectivity index (χ0n) is 9.76. The first-order valence-electron chi connectivity index (χ1n) is 5.92. The van der Waals surface area contributed by atoms with Crippen LogP contribution in [-0.2, 0) is 0 Å². The maximum absolute atomic E-state index is 5.19. The summed E-state index contributed by atoms with van der Waals surface area (Å²) in [6, 6.07) is 9.01. The van der Waals surface area contributed by atoms with Gasteiger partial charge in [0.2, 0.25) is 5.89 Å². The standard InChI is InChI=1S/C13H15N3O/c1-9-3-2-4-10(7-9)12(16-11-5-6-11)13-14-8-15-17-13/h2-4,7-8,11-12,16H,5-6H2,1H3. The Bertz CT molecular complexity index is 491. The maximum atomic E-state index is 5.19. The summed E-state index contributed by atoms with van der Waals surface area (Å²) in [6.07, 6.45) is 3.92. The molecule has 0 aliphatic heterocycles. The van der Waals surface area contributed by atoms with E-state index in [-0.39, 0.29) is 6.04 Å². The van der Waals surface area contributed by atoms with Crippen LogP contribution in [0.25, 0.3) is 0 Å². The summed E-state index contributed by atoms with van der Waals surface area (Å²) in [5.74, 6) is 0.641. The molecule has 17 heavy (non-hydrogen) atoms. The highest BCUT2D eigenvalue weighted by atomic mass is 16.5. The molecule has 1 heterocycles. The molecule has 3 rings (SSSR count). The lowest BCUT2D eigenvalue weighted by Crippen LogP contribution is -2.24. The zero-order valence-corrected chi connectivity index (χ0v) is 9.76. The van der Waals surface area contributed by atoms with Gasteiger partial charge in [-0.15, -0.1) is 0 Å². The average Bonchev–Trinajstić information content (AvgIpc) is 2.99. The van der Waals surface area contributed by atoms with E-state index in [0.717, 1.165) is 0 Å². The molecule has 4 heteroatoms. The number of aromatic nitrogens is 2. The van der Waals surface area contributed by atoms with Crippen molar-refractivity contribution < 1.29 is 4.52 Å². The molecule has 4 nitrogen and oxygen atoms in total. The van der Waals surface area contributed by atoms with E-state index < -0.39 is 0 Å². The quantitative estimate of drug-likeness (QED) is 0.873. The lowest BCUT2D eigenvalue weighted by molar-refractivity contribution is 0.346. The summed E-state index contributed by atoms with van der Waals surface area (Å²) in [7, 11) is 0. The first-order valence-corrected chi connectivity index (χ1v) is 5.92. The lowest BCUT2D eigenvalue weighted by atomic mass is 10.0. The predicted molar refractivity (Wildman–Crippen MR) is 63.5 cm³/mol. The number of benzene rings is 1. The van der Waals surface area contributed by atoms with Gasteiger partial charge < -0.3 is 4.52 Å². The number of rotatable bonds is 4. The highest BCUT2D eigenvalue weighted by Gasteiger charge is 2.28. The van der Waals surface area contributed by atoms with Gasteiger partial charge in [0.05, 0.1) is 0 Å². The highest BCUT2D eigenvalue weighted by Crippen LogP contribution is 2.27. The number of nitrogens with zero attached hydrogens (tertiary/aromatic N) is 2. The third-order valence-electron chi connectivity index (χ3n) is 2.98. The first kappa shape index (κ1) is 10.5. The second-order valence-electron chi connectivity index (χ2n) is 4.57. The molecule has 1 aliphatic carbocycles. The minimum Gasteiger partial charge on any atom is -0.338 e. The first-order chi connectivity index (χ1) is 8.33. The molecule has 1 aromatic heterocycles. The Labute approximate surface area is 100 Å². The van der Waals surface area contributed by atoms with Gasteiger partial charge in [-0.2, -0.15) is 4.98 Å². The molecule has 2 aromatic rings. The Balaban J connectivity index is 1.92. The Hall–Kier alpha value is -1.68. The zero-order chi connectivity index (χ0) is 11.7. The molecule has 1 aromatic carbocycles. The fourth-order valence-electron chi connectivity index (χ4n) is 1.95. The molecule has 1 fully saturated rings. The molecule has 1 aliphatic rings. The minimum absolute atomic E-state index is 0.0184. The van der Waals surface area contributed by atoms with Crippen LogP contribution in [0.1, 0.15) is 35.9 Å². The monoisotopic (exact) mass is 229 g/mol. The van der Waals surface area contributed by atoms with Crippen LogP contribution < -0.4 is 5.32 Å². The third-order valence-corrected chi connectivity index (χ3v) is 2.98. The van der Waals surface area contributed by atoms with Gasteiger partial charge in [-0.1, -0.05) is 35.0 Å².